The molecule has 5 aliphatic rings. The monoisotopic (exact) mass is 615 g/mol. The summed E-state index contributed by atoms with van der Waals surface area (Å²) in [6, 6.07) is 12.9. The molecule has 0 aromatic heterocycles. The van der Waals surface area contributed by atoms with Gasteiger partial charge in [-0.3, -0.25) is 9.59 Å². The first-order valence-corrected chi connectivity index (χ1v) is 15.8. The number of carbonyl (C=O) groups is 2. The second-order valence-corrected chi connectivity index (χ2v) is 13.8. The summed E-state index contributed by atoms with van der Waals surface area (Å²) in [6.07, 6.45) is 5.40. The number of ether oxygens (including phenoxy) is 4. The molecule has 0 bridgehead atoms. The van der Waals surface area contributed by atoms with Crippen LogP contribution in [0.3, 0.4) is 0 Å². The van der Waals surface area contributed by atoms with Crippen LogP contribution in [-0.4, -0.2) is 53.3 Å². The zero-order valence-corrected chi connectivity index (χ0v) is 25.9. The number of fused-ring (bicyclic) bond motifs is 7. The number of ketones is 2. The minimum Gasteiger partial charge on any atom is -0.492 e. The molecule has 2 aromatic carbocycles. The molecule has 238 valence electrons. The summed E-state index contributed by atoms with van der Waals surface area (Å²) in [7, 11) is 1.55. The molecule has 0 amide bonds. The number of nitrogens with two attached hydrogens (primary N) is 1. The van der Waals surface area contributed by atoms with Gasteiger partial charge in [0.15, 0.2) is 35.0 Å². The zero-order valence-electron chi connectivity index (χ0n) is 25.9. The van der Waals surface area contributed by atoms with Gasteiger partial charge in [-0.25, -0.2) is 0 Å². The maximum absolute atomic E-state index is 13.9. The second-order valence-electron chi connectivity index (χ2n) is 13.8. The van der Waals surface area contributed by atoms with Crippen LogP contribution in [0, 0.1) is 28.6 Å². The number of aliphatic hydroxyl groups is 2. The van der Waals surface area contributed by atoms with Gasteiger partial charge in [0.2, 0.25) is 0 Å². The molecule has 0 spiro atoms. The number of benzene rings is 2. The highest BCUT2D eigenvalue weighted by Gasteiger charge is 2.76. The van der Waals surface area contributed by atoms with Gasteiger partial charge in [0, 0.05) is 22.4 Å². The normalized spacial score (nSPS) is 38.1. The number of rotatable bonds is 7. The molecule has 1 saturated heterocycles. The predicted molar refractivity (Wildman–Crippen MR) is 165 cm³/mol. The lowest BCUT2D eigenvalue weighted by atomic mass is 9.46. The van der Waals surface area contributed by atoms with E-state index < -0.39 is 47.3 Å². The minimum absolute atomic E-state index is 0.00613. The van der Waals surface area contributed by atoms with Crippen molar-refractivity contribution in [2.75, 3.05) is 19.5 Å². The number of carbonyl (C=O) groups excluding carboxylic acids is 2. The van der Waals surface area contributed by atoms with Gasteiger partial charge in [-0.2, -0.15) is 0 Å². The molecule has 7 rings (SSSR count). The SMILES string of the molecule is COc1c(OCc2cccc(N)c2)cccc1[C@H]1O[C@@H]2C[C@H]3[C@@H]4CCC5=CC(=O)C=C[C@]5(C)[C@H]4[C@@H](O)C[C@]3(C)[C@]2(C(=O)CO)O1. The summed E-state index contributed by atoms with van der Waals surface area (Å²) in [6.45, 7) is 3.71. The van der Waals surface area contributed by atoms with Crippen LogP contribution in [0.1, 0.15) is 56.9 Å². The van der Waals surface area contributed by atoms with E-state index in [1.54, 1.807) is 25.3 Å². The largest absolute Gasteiger partial charge is 0.492 e. The van der Waals surface area contributed by atoms with E-state index in [0.29, 0.717) is 35.6 Å². The summed E-state index contributed by atoms with van der Waals surface area (Å²) in [4.78, 5) is 26.1. The van der Waals surface area contributed by atoms with E-state index in [1.807, 2.05) is 49.4 Å². The van der Waals surface area contributed by atoms with Crippen molar-refractivity contribution >= 4 is 17.3 Å². The Kier molecular flexibility index (Phi) is 7.24. The Morgan fingerprint density at radius 2 is 1.98 bits per heavy atom. The first-order chi connectivity index (χ1) is 21.6. The quantitative estimate of drug-likeness (QED) is 0.386. The summed E-state index contributed by atoms with van der Waals surface area (Å²) in [5.74, 6) is 0.447. The fourth-order valence-corrected chi connectivity index (χ4v) is 9.72. The van der Waals surface area contributed by atoms with Crippen molar-refractivity contribution in [1.82, 2.24) is 0 Å². The Hall–Kier alpha value is -3.50. The third-order valence-corrected chi connectivity index (χ3v) is 11.6. The van der Waals surface area contributed by atoms with Crippen molar-refractivity contribution in [2.24, 2.45) is 28.6 Å². The maximum Gasteiger partial charge on any atom is 0.193 e. The summed E-state index contributed by atoms with van der Waals surface area (Å²) < 4.78 is 25.3. The third kappa shape index (κ3) is 4.35. The highest BCUT2D eigenvalue weighted by molar-refractivity contribution is 6.01. The van der Waals surface area contributed by atoms with Crippen LogP contribution in [0.15, 0.2) is 66.3 Å². The van der Waals surface area contributed by atoms with Gasteiger partial charge in [0.25, 0.3) is 0 Å². The zero-order chi connectivity index (χ0) is 31.7. The highest BCUT2D eigenvalue weighted by Crippen LogP contribution is 2.70. The number of allylic oxidation sites excluding steroid dienone is 4. The van der Waals surface area contributed by atoms with E-state index >= 15 is 0 Å². The first-order valence-electron chi connectivity index (χ1n) is 15.8. The fourth-order valence-electron chi connectivity index (χ4n) is 9.72. The molecule has 4 fully saturated rings. The molecule has 1 heterocycles. The molecule has 0 unspecified atom stereocenters. The smallest absolute Gasteiger partial charge is 0.193 e. The van der Waals surface area contributed by atoms with Crippen LogP contribution in [0.5, 0.6) is 11.5 Å². The fraction of sp³-hybridized carbons (Fsp3) is 0.500. The molecular weight excluding hydrogens is 574 g/mol. The van der Waals surface area contributed by atoms with Crippen molar-refractivity contribution in [3.8, 4) is 11.5 Å². The van der Waals surface area contributed by atoms with Crippen LogP contribution in [-0.2, 0) is 25.7 Å². The molecule has 2 aromatic rings. The average Bonchev–Trinajstić information content (AvgIpc) is 3.52. The lowest BCUT2D eigenvalue weighted by Crippen LogP contribution is -2.63. The number of anilines is 1. The maximum atomic E-state index is 13.9. The van der Waals surface area contributed by atoms with Gasteiger partial charge < -0.3 is 34.9 Å². The topological polar surface area (TPSA) is 138 Å². The van der Waals surface area contributed by atoms with E-state index in [9.17, 15) is 19.8 Å². The van der Waals surface area contributed by atoms with E-state index in [2.05, 4.69) is 6.92 Å². The second kappa shape index (κ2) is 10.8. The van der Waals surface area contributed by atoms with Crippen LogP contribution < -0.4 is 15.2 Å². The molecule has 9 heteroatoms. The number of nitrogen functional groups attached to an aromatic ring is 1. The van der Waals surface area contributed by atoms with Crippen molar-refractivity contribution in [3.05, 3.63) is 77.4 Å². The number of Topliss-reactive ketones (excluding diaryl/α,β-unsaturated/α-hetero) is 1. The number of aliphatic hydroxyl groups excluding tert-OH is 2. The Morgan fingerprint density at radius 1 is 1.18 bits per heavy atom. The van der Waals surface area contributed by atoms with Crippen molar-refractivity contribution in [1.29, 1.82) is 0 Å². The van der Waals surface area contributed by atoms with Gasteiger partial charge in [-0.05, 0) is 79.5 Å². The molecule has 9 atom stereocenters. The van der Waals surface area contributed by atoms with Crippen LogP contribution in [0.25, 0.3) is 0 Å². The predicted octanol–water partition coefficient (Wildman–Crippen LogP) is 4.46. The van der Waals surface area contributed by atoms with Gasteiger partial charge in [-0.1, -0.05) is 43.7 Å². The van der Waals surface area contributed by atoms with Gasteiger partial charge in [0.05, 0.1) is 24.9 Å². The Bertz CT molecular complexity index is 1600. The molecule has 4 aliphatic carbocycles. The van der Waals surface area contributed by atoms with Gasteiger partial charge in [0.1, 0.15) is 13.2 Å². The molecular formula is C36H41NO8. The van der Waals surface area contributed by atoms with E-state index in [-0.39, 0.29) is 30.1 Å². The molecule has 0 radical (unpaired) electrons. The number of methoxy groups -OCH3 is 1. The van der Waals surface area contributed by atoms with Crippen molar-refractivity contribution in [3.63, 3.8) is 0 Å². The molecule has 4 N–H and O–H groups in total. The van der Waals surface area contributed by atoms with Crippen LogP contribution in [0.4, 0.5) is 5.69 Å². The summed E-state index contributed by atoms with van der Waals surface area (Å²) in [5, 5.41) is 22.2. The van der Waals surface area contributed by atoms with E-state index in [4.69, 9.17) is 24.7 Å². The number of hydrogen-bond donors (Lipinski definition) is 3. The molecule has 9 nitrogen and oxygen atoms in total. The molecule has 45 heavy (non-hydrogen) atoms. The van der Waals surface area contributed by atoms with Gasteiger partial charge >= 0.3 is 0 Å². The minimum atomic E-state index is -1.46. The highest BCUT2D eigenvalue weighted by atomic mass is 16.7. The van der Waals surface area contributed by atoms with E-state index in [1.165, 1.54) is 0 Å². The number of para-hydroxylation sites is 1. The Morgan fingerprint density at radius 3 is 2.73 bits per heavy atom. The Balaban J connectivity index is 1.21. The average molecular weight is 616 g/mol. The van der Waals surface area contributed by atoms with Gasteiger partial charge in [-0.15, -0.1) is 0 Å². The molecule has 3 saturated carbocycles. The summed E-state index contributed by atoms with van der Waals surface area (Å²) >= 11 is 0. The standard InChI is InChI=1S/C36H41NO8/c1-34-13-12-23(39)15-21(34)10-11-24-26-16-30-36(29(41)18-38,35(26,2)17-27(40)31(24)34)45-33(44-30)25-8-5-9-28(32(25)42-3)43-19-20-6-4-7-22(37)14-20/h4-9,12-15,24,26-27,30-31,33,38,40H,10-11,16-19,37H2,1-3H3/t24-,26-,27-,30+,31+,33-,34-,35-,36+/m0/s1. The van der Waals surface area contributed by atoms with E-state index in [0.717, 1.165) is 24.0 Å². The third-order valence-electron chi connectivity index (χ3n) is 11.6. The Labute approximate surface area is 263 Å². The first kappa shape index (κ1) is 30.2. The van der Waals surface area contributed by atoms with Crippen molar-refractivity contribution < 1.29 is 38.7 Å². The molecule has 1 aliphatic heterocycles. The van der Waals surface area contributed by atoms with Crippen molar-refractivity contribution in [2.45, 2.75) is 70.2 Å². The lowest BCUT2D eigenvalue weighted by molar-refractivity contribution is -0.201. The van der Waals surface area contributed by atoms with Crippen LogP contribution >= 0.6 is 0 Å². The lowest BCUT2D eigenvalue weighted by Gasteiger charge is -2.59. The number of hydrogen-bond acceptors (Lipinski definition) is 9. The van der Waals surface area contributed by atoms with Crippen LogP contribution in [0.2, 0.25) is 0 Å². The summed E-state index contributed by atoms with van der Waals surface area (Å²) in [5.41, 5.74) is 6.43.